The van der Waals surface area contributed by atoms with Crippen molar-refractivity contribution in [3.8, 4) is 22.9 Å². The maximum Gasteiger partial charge on any atom is 0.227 e. The van der Waals surface area contributed by atoms with Gasteiger partial charge in [-0.15, -0.1) is 11.3 Å². The molecule has 4 aromatic carbocycles. The van der Waals surface area contributed by atoms with Crippen molar-refractivity contribution in [1.29, 1.82) is 0 Å². The predicted molar refractivity (Wildman–Crippen MR) is 433 cm³/mol. The molecule has 6 aliphatic heterocycles. The highest BCUT2D eigenvalue weighted by atomic mass is 32.1. The molecule has 22 nitrogen and oxygen atoms in total. The standard InChI is InChI=1S/C32H38N6O2.C27H35N5O3S.C26H38N4O2/c1-24-13-18-37(23-24)30(39)22-28(27-14-19-38(34-27)26-9-4-3-5-10-26)35-16-7-17-36(21-20-35)32-29(40-2)12-11-25-8-6-15-33-31(25)32;1-19(33)17-23(22-18-36-27(29-22)32-13-8-21(34)9-14-32)30-11-4-12-31(16-15-30)26-24(35-2)7-6-20-5-3-10-28-25(20)26;1-26(2,3)25(31)30-15-10-20(11-16-30)19-28-13-6-14-29(18-17-28)24-22(32-4)9-8-21-7-5-12-27-23(21)24/h3-6,8-12,14-15,19,24,28H,7,13,16-18,20-23H2,1-2H3;3,5-7,10,18,21,23,34H,4,8-9,11-17H2,1-2H3;5,7-9,12,20H,6,10-11,13-19H2,1-4H3/t24-,28?;;/m1../s1. The first-order valence-corrected chi connectivity index (χ1v) is 40.1. The monoisotopic (exact) mass is 1490 g/mol. The van der Waals surface area contributed by atoms with Crippen molar-refractivity contribution in [2.75, 3.05) is 165 Å². The number of anilines is 4. The van der Waals surface area contributed by atoms with Gasteiger partial charge in [0.05, 0.1) is 73.1 Å². The first kappa shape index (κ1) is 77.2. The molecule has 9 aromatic rings. The smallest absolute Gasteiger partial charge is 0.227 e. The summed E-state index contributed by atoms with van der Waals surface area (Å²) in [5.41, 5.74) is 8.84. The molecular formula is C85H111N15O7S. The Morgan fingerprint density at radius 3 is 1.54 bits per heavy atom. The summed E-state index contributed by atoms with van der Waals surface area (Å²) in [6.07, 6.45) is 16.2. The van der Waals surface area contributed by atoms with E-state index in [0.717, 1.165) is 265 Å². The van der Waals surface area contributed by atoms with Crippen LogP contribution < -0.4 is 33.8 Å². The SMILES string of the molecule is COc1ccc2cccnc2c1N1CCCN(C(CC(=O)N2CC[C@@H](C)C2)c2ccn(-c3ccccc3)n2)CC1.COc1ccc2cccnc2c1N1CCCN(C(CC(C)=O)c2csc(N3CCC(O)CC3)n2)CC1.COc1ccc2cccnc2c1N1CCCN(CC2CCN(C(=O)C(C)(C)C)CC2)CC1. The number of aliphatic hydroxyl groups is 1. The Kier molecular flexibility index (Phi) is 25.7. The summed E-state index contributed by atoms with van der Waals surface area (Å²) in [7, 11) is 5.18. The maximum absolute atomic E-state index is 13.5. The second-order valence-corrected chi connectivity index (χ2v) is 32.0. The van der Waals surface area contributed by atoms with Gasteiger partial charge < -0.3 is 53.6 Å². The molecule has 1 N–H and O–H groups in total. The van der Waals surface area contributed by atoms with Gasteiger partial charge in [0.2, 0.25) is 11.8 Å². The summed E-state index contributed by atoms with van der Waals surface area (Å²) in [5, 5.41) is 21.3. The molecule has 574 valence electrons. The zero-order chi connectivity index (χ0) is 75.3. The fourth-order valence-corrected chi connectivity index (χ4v) is 17.6. The number of amides is 2. The number of rotatable bonds is 18. The Morgan fingerprint density at radius 2 is 1.04 bits per heavy atom. The number of benzene rings is 4. The minimum Gasteiger partial charge on any atom is -0.494 e. The highest BCUT2D eigenvalue weighted by Crippen LogP contribution is 2.41. The normalized spacial score (nSPS) is 19.1. The Balaban J connectivity index is 0.000000144. The van der Waals surface area contributed by atoms with E-state index >= 15 is 0 Å². The topological polar surface area (TPSA) is 198 Å². The van der Waals surface area contributed by atoms with E-state index in [1.54, 1.807) is 39.6 Å². The Hall–Kier alpha value is -9.00. The summed E-state index contributed by atoms with van der Waals surface area (Å²) in [5.74, 6) is 4.53. The van der Waals surface area contributed by atoms with Crippen LogP contribution in [-0.4, -0.2) is 229 Å². The molecular weight excluding hydrogens is 1380 g/mol. The fraction of sp³-hybridized carbons (Fsp3) is 0.506. The number of thiazole rings is 1. The number of ether oxygens (including phenoxy) is 3. The van der Waals surface area contributed by atoms with E-state index in [9.17, 15) is 19.5 Å². The highest BCUT2D eigenvalue weighted by molar-refractivity contribution is 7.13. The van der Waals surface area contributed by atoms with Crippen molar-refractivity contribution < 1.29 is 33.7 Å². The van der Waals surface area contributed by atoms with Crippen LogP contribution in [0, 0.1) is 17.3 Å². The first-order valence-electron chi connectivity index (χ1n) is 39.3. The molecule has 11 heterocycles. The van der Waals surface area contributed by atoms with Crippen LogP contribution in [0.4, 0.5) is 22.2 Å². The van der Waals surface area contributed by atoms with E-state index in [-0.39, 0.29) is 35.3 Å². The Bertz CT molecular complexity index is 4460. The lowest BCUT2D eigenvalue weighted by Gasteiger charge is -2.37. The Morgan fingerprint density at radius 1 is 0.528 bits per heavy atom. The molecule has 108 heavy (non-hydrogen) atoms. The predicted octanol–water partition coefficient (Wildman–Crippen LogP) is 12.9. The van der Waals surface area contributed by atoms with E-state index in [0.29, 0.717) is 30.6 Å². The number of hydrogen-bond acceptors (Lipinski definition) is 20. The third kappa shape index (κ3) is 18.6. The van der Waals surface area contributed by atoms with Gasteiger partial charge >= 0.3 is 0 Å². The molecule has 0 aliphatic carbocycles. The number of nitrogens with zero attached hydrogens (tertiary/aromatic N) is 15. The van der Waals surface area contributed by atoms with Gasteiger partial charge in [0.25, 0.3) is 0 Å². The average molecular weight is 1490 g/mol. The van der Waals surface area contributed by atoms with E-state index < -0.39 is 0 Å². The molecule has 0 spiro atoms. The number of Topliss-reactive ketones (excluding diaryl/α,β-unsaturated/α-hetero) is 1. The van der Waals surface area contributed by atoms with Gasteiger partial charge in [0, 0.05) is 182 Å². The lowest BCUT2D eigenvalue weighted by molar-refractivity contribution is -0.141. The number of carbonyl (C=O) groups is 3. The maximum atomic E-state index is 13.5. The summed E-state index contributed by atoms with van der Waals surface area (Å²) in [6, 6.07) is 36.7. The molecule has 0 saturated carbocycles. The number of pyridine rings is 3. The summed E-state index contributed by atoms with van der Waals surface area (Å²) in [4.78, 5) is 78.6. The summed E-state index contributed by atoms with van der Waals surface area (Å²) in [6.45, 7) is 27.3. The van der Waals surface area contributed by atoms with Crippen molar-refractivity contribution in [1.82, 2.24) is 54.2 Å². The van der Waals surface area contributed by atoms with E-state index in [2.05, 4.69) is 122 Å². The van der Waals surface area contributed by atoms with Crippen LogP contribution in [0.25, 0.3) is 38.4 Å². The lowest BCUT2D eigenvalue weighted by Crippen LogP contribution is -2.46. The van der Waals surface area contributed by atoms with Crippen LogP contribution in [0.2, 0.25) is 0 Å². The number of aromatic nitrogens is 6. The van der Waals surface area contributed by atoms with Crippen molar-refractivity contribution >= 4 is 83.8 Å². The molecule has 3 atom stereocenters. The second kappa shape index (κ2) is 36.0. The zero-order valence-corrected chi connectivity index (χ0v) is 65.5. The van der Waals surface area contributed by atoms with Crippen LogP contribution in [0.15, 0.2) is 139 Å². The van der Waals surface area contributed by atoms with Crippen molar-refractivity contribution in [3.63, 3.8) is 0 Å². The van der Waals surface area contributed by atoms with Crippen molar-refractivity contribution in [3.05, 3.63) is 151 Å². The number of ketones is 1. The quantitative estimate of drug-likeness (QED) is 0.0850. The van der Waals surface area contributed by atoms with E-state index in [1.807, 2.05) is 104 Å². The molecule has 0 radical (unpaired) electrons. The van der Waals surface area contributed by atoms with Crippen LogP contribution in [0.5, 0.6) is 17.2 Å². The third-order valence-electron chi connectivity index (χ3n) is 22.5. The number of fused-ring (bicyclic) bond motifs is 3. The van der Waals surface area contributed by atoms with Gasteiger partial charge in [-0.05, 0) is 149 Å². The van der Waals surface area contributed by atoms with Crippen LogP contribution >= 0.6 is 11.3 Å². The van der Waals surface area contributed by atoms with Crippen molar-refractivity contribution in [2.24, 2.45) is 17.3 Å². The van der Waals surface area contributed by atoms with E-state index in [4.69, 9.17) is 29.3 Å². The highest BCUT2D eigenvalue weighted by Gasteiger charge is 2.36. The van der Waals surface area contributed by atoms with Crippen LogP contribution in [-0.2, 0) is 14.4 Å². The molecule has 5 aromatic heterocycles. The van der Waals surface area contributed by atoms with Crippen molar-refractivity contribution in [2.45, 2.75) is 117 Å². The second-order valence-electron chi connectivity index (χ2n) is 31.1. The zero-order valence-electron chi connectivity index (χ0n) is 64.7. The fourth-order valence-electron chi connectivity index (χ4n) is 16.7. The molecule has 6 saturated heterocycles. The van der Waals surface area contributed by atoms with Gasteiger partial charge in [-0.25, -0.2) is 9.67 Å². The minimum atomic E-state index is -0.279. The summed E-state index contributed by atoms with van der Waals surface area (Å²) >= 11 is 1.65. The number of hydrogen-bond donors (Lipinski definition) is 1. The molecule has 2 amide bonds. The molecule has 23 heteroatoms. The lowest BCUT2D eigenvalue weighted by atomic mass is 9.91. The molecule has 6 fully saturated rings. The van der Waals surface area contributed by atoms with Crippen LogP contribution in [0.1, 0.15) is 122 Å². The van der Waals surface area contributed by atoms with Gasteiger partial charge in [-0.2, -0.15) is 5.10 Å². The van der Waals surface area contributed by atoms with Crippen LogP contribution in [0.3, 0.4) is 0 Å². The number of methoxy groups -OCH3 is 3. The molecule has 2 unspecified atom stereocenters. The summed E-state index contributed by atoms with van der Waals surface area (Å²) < 4.78 is 19.2. The number of likely N-dealkylation sites (tertiary alicyclic amines) is 2. The van der Waals surface area contributed by atoms with Gasteiger partial charge in [0.1, 0.15) is 40.1 Å². The largest absolute Gasteiger partial charge is 0.494 e. The van der Waals surface area contributed by atoms with Gasteiger partial charge in [0.15, 0.2) is 5.13 Å². The molecule has 6 aliphatic rings. The molecule has 15 rings (SSSR count). The van der Waals surface area contributed by atoms with Gasteiger partial charge in [-0.1, -0.05) is 64.1 Å². The number of aliphatic hydroxyl groups excluding tert-OH is 1. The average Bonchev–Trinajstić information content (AvgIpc) is 0.963. The number of para-hydroxylation sites is 1. The number of piperidine rings is 2. The third-order valence-corrected chi connectivity index (χ3v) is 23.4. The minimum absolute atomic E-state index is 0.0321. The molecule has 0 bridgehead atoms. The number of carbonyl (C=O) groups excluding carboxylic acids is 3. The Labute approximate surface area is 641 Å². The van der Waals surface area contributed by atoms with E-state index in [1.165, 1.54) is 0 Å². The van der Waals surface area contributed by atoms with Gasteiger partial charge in [-0.3, -0.25) is 39.1 Å². The first-order chi connectivity index (χ1) is 52.5.